The summed E-state index contributed by atoms with van der Waals surface area (Å²) >= 11 is 0. The molecule has 1 heterocycles. The molecule has 0 saturated heterocycles. The summed E-state index contributed by atoms with van der Waals surface area (Å²) in [7, 11) is 6.09. The molecule has 0 aliphatic rings. The Hall–Kier alpha value is -2.01. The Labute approximate surface area is 145 Å². The van der Waals surface area contributed by atoms with Gasteiger partial charge in [-0.3, -0.25) is 4.68 Å². The van der Waals surface area contributed by atoms with E-state index in [1.165, 1.54) is 11.1 Å². The largest absolute Gasteiger partial charge is 0.491 e. The first kappa shape index (κ1) is 18.3. The normalized spacial score (nSPS) is 12.5. The number of hydrogen-bond donors (Lipinski definition) is 1. The summed E-state index contributed by atoms with van der Waals surface area (Å²) in [5.74, 6) is 2.06. The van der Waals surface area contributed by atoms with Gasteiger partial charge in [-0.05, 0) is 45.4 Å². The molecule has 1 aromatic carbocycles. The minimum Gasteiger partial charge on any atom is -0.491 e. The zero-order valence-electron chi connectivity index (χ0n) is 15.9. The Balaban J connectivity index is 2.10. The van der Waals surface area contributed by atoms with Crippen molar-refractivity contribution in [3.63, 3.8) is 0 Å². The van der Waals surface area contributed by atoms with Crippen LogP contribution in [-0.2, 0) is 13.6 Å². The van der Waals surface area contributed by atoms with E-state index in [0.717, 1.165) is 23.8 Å². The Morgan fingerprint density at radius 3 is 2.58 bits per heavy atom. The lowest BCUT2D eigenvalue weighted by Crippen LogP contribution is -2.21. The number of nitrogens with one attached hydrogen (secondary N) is 1. The third-order valence-corrected chi connectivity index (χ3v) is 4.05. The van der Waals surface area contributed by atoms with Crippen LogP contribution in [0.2, 0.25) is 0 Å². The molecule has 1 N–H and O–H groups in total. The van der Waals surface area contributed by atoms with Gasteiger partial charge in [0.25, 0.3) is 0 Å². The SMILES string of the molecule is Cc1nn(C)c(N(C)C)c1CN[C@H](C)c1cccc(OC(C)C)c1. The van der Waals surface area contributed by atoms with Gasteiger partial charge in [0.2, 0.25) is 0 Å². The van der Waals surface area contributed by atoms with Crippen LogP contribution in [0.25, 0.3) is 0 Å². The number of aryl methyl sites for hydroxylation is 2. The fourth-order valence-electron chi connectivity index (χ4n) is 2.96. The van der Waals surface area contributed by atoms with Crippen molar-refractivity contribution in [1.29, 1.82) is 0 Å². The van der Waals surface area contributed by atoms with Crippen molar-refractivity contribution in [1.82, 2.24) is 15.1 Å². The lowest BCUT2D eigenvalue weighted by molar-refractivity contribution is 0.242. The average molecular weight is 330 g/mol. The second-order valence-electron chi connectivity index (χ2n) is 6.75. The fourth-order valence-corrected chi connectivity index (χ4v) is 2.96. The maximum absolute atomic E-state index is 5.79. The van der Waals surface area contributed by atoms with Crippen LogP contribution in [0.15, 0.2) is 24.3 Å². The van der Waals surface area contributed by atoms with E-state index in [1.807, 2.05) is 37.7 Å². The predicted molar refractivity (Wildman–Crippen MR) is 99.7 cm³/mol. The van der Waals surface area contributed by atoms with Crippen molar-refractivity contribution < 1.29 is 4.74 Å². The van der Waals surface area contributed by atoms with E-state index in [0.29, 0.717) is 0 Å². The van der Waals surface area contributed by atoms with Gasteiger partial charge in [-0.2, -0.15) is 5.10 Å². The highest BCUT2D eigenvalue weighted by molar-refractivity contribution is 5.49. The third kappa shape index (κ3) is 4.29. The molecule has 2 rings (SSSR count). The van der Waals surface area contributed by atoms with Crippen LogP contribution in [0.5, 0.6) is 5.75 Å². The van der Waals surface area contributed by atoms with E-state index in [2.05, 4.69) is 55.4 Å². The molecule has 0 amide bonds. The maximum atomic E-state index is 5.79. The first-order valence-corrected chi connectivity index (χ1v) is 8.49. The van der Waals surface area contributed by atoms with Crippen LogP contribution in [0.4, 0.5) is 5.82 Å². The van der Waals surface area contributed by atoms with Gasteiger partial charge in [0.05, 0.1) is 11.8 Å². The summed E-state index contributed by atoms with van der Waals surface area (Å²) < 4.78 is 7.73. The zero-order chi connectivity index (χ0) is 17.9. The molecule has 24 heavy (non-hydrogen) atoms. The summed E-state index contributed by atoms with van der Waals surface area (Å²) in [6.07, 6.45) is 0.184. The van der Waals surface area contributed by atoms with Gasteiger partial charge >= 0.3 is 0 Å². The molecule has 5 nitrogen and oxygen atoms in total. The van der Waals surface area contributed by atoms with Crippen molar-refractivity contribution in [3.05, 3.63) is 41.1 Å². The summed E-state index contributed by atoms with van der Waals surface area (Å²) in [6.45, 7) is 9.11. The van der Waals surface area contributed by atoms with Crippen molar-refractivity contribution in [2.24, 2.45) is 7.05 Å². The monoisotopic (exact) mass is 330 g/mol. The van der Waals surface area contributed by atoms with Crippen molar-refractivity contribution >= 4 is 5.82 Å². The zero-order valence-corrected chi connectivity index (χ0v) is 15.9. The minimum absolute atomic E-state index is 0.184. The van der Waals surface area contributed by atoms with Crippen LogP contribution < -0.4 is 15.0 Å². The smallest absolute Gasteiger partial charge is 0.130 e. The van der Waals surface area contributed by atoms with E-state index in [-0.39, 0.29) is 12.1 Å². The van der Waals surface area contributed by atoms with Crippen LogP contribution in [0.1, 0.15) is 43.6 Å². The quantitative estimate of drug-likeness (QED) is 0.844. The van der Waals surface area contributed by atoms with Gasteiger partial charge in [0.15, 0.2) is 0 Å². The Kier molecular flexibility index (Phi) is 5.89. The average Bonchev–Trinajstić information content (AvgIpc) is 2.78. The number of anilines is 1. The second kappa shape index (κ2) is 7.71. The van der Waals surface area contributed by atoms with Crippen molar-refractivity contribution in [2.45, 2.75) is 46.4 Å². The highest BCUT2D eigenvalue weighted by Gasteiger charge is 2.16. The fraction of sp³-hybridized carbons (Fsp3) is 0.526. The first-order valence-electron chi connectivity index (χ1n) is 8.49. The molecule has 5 heteroatoms. The Morgan fingerprint density at radius 1 is 1.25 bits per heavy atom. The molecule has 1 aromatic heterocycles. The van der Waals surface area contributed by atoms with Gasteiger partial charge in [-0.25, -0.2) is 0 Å². The van der Waals surface area contributed by atoms with Crippen LogP contribution >= 0.6 is 0 Å². The Morgan fingerprint density at radius 2 is 1.96 bits per heavy atom. The van der Waals surface area contributed by atoms with Gasteiger partial charge in [0.1, 0.15) is 11.6 Å². The number of hydrogen-bond acceptors (Lipinski definition) is 4. The van der Waals surface area contributed by atoms with Crippen LogP contribution in [0, 0.1) is 6.92 Å². The summed E-state index contributed by atoms with van der Waals surface area (Å²) in [5, 5.41) is 8.15. The Bertz CT molecular complexity index is 676. The molecule has 2 aromatic rings. The van der Waals surface area contributed by atoms with Gasteiger partial charge < -0.3 is 15.0 Å². The molecule has 0 saturated carbocycles. The van der Waals surface area contributed by atoms with Gasteiger partial charge in [-0.1, -0.05) is 12.1 Å². The van der Waals surface area contributed by atoms with Gasteiger partial charge in [0, 0.05) is 39.3 Å². The molecule has 0 aliphatic heterocycles. The summed E-state index contributed by atoms with van der Waals surface area (Å²) in [6, 6.07) is 8.53. The van der Waals surface area contributed by atoms with E-state index < -0.39 is 0 Å². The molecule has 0 fully saturated rings. The van der Waals surface area contributed by atoms with E-state index in [4.69, 9.17) is 4.74 Å². The third-order valence-electron chi connectivity index (χ3n) is 4.05. The van der Waals surface area contributed by atoms with Crippen LogP contribution in [-0.4, -0.2) is 30.0 Å². The summed E-state index contributed by atoms with van der Waals surface area (Å²) in [4.78, 5) is 2.11. The number of aromatic nitrogens is 2. The van der Waals surface area contributed by atoms with Gasteiger partial charge in [-0.15, -0.1) is 0 Å². The van der Waals surface area contributed by atoms with E-state index in [1.54, 1.807) is 0 Å². The molecule has 1 atom stereocenters. The number of rotatable bonds is 7. The molecule has 0 radical (unpaired) electrons. The minimum atomic E-state index is 0.184. The molecule has 0 spiro atoms. The molecular weight excluding hydrogens is 300 g/mol. The maximum Gasteiger partial charge on any atom is 0.130 e. The molecule has 132 valence electrons. The molecular formula is C19H30N4O. The number of nitrogens with zero attached hydrogens (tertiary/aromatic N) is 3. The molecule has 0 bridgehead atoms. The molecule has 0 aliphatic carbocycles. The molecule has 0 unspecified atom stereocenters. The second-order valence-corrected chi connectivity index (χ2v) is 6.75. The summed E-state index contributed by atoms with van der Waals surface area (Å²) in [5.41, 5.74) is 3.53. The predicted octanol–water partition coefficient (Wildman–Crippen LogP) is 3.43. The topological polar surface area (TPSA) is 42.3 Å². The lowest BCUT2D eigenvalue weighted by Gasteiger charge is -2.19. The highest BCUT2D eigenvalue weighted by Crippen LogP contribution is 2.24. The van der Waals surface area contributed by atoms with E-state index in [9.17, 15) is 0 Å². The van der Waals surface area contributed by atoms with E-state index >= 15 is 0 Å². The van der Waals surface area contributed by atoms with Crippen LogP contribution in [0.3, 0.4) is 0 Å². The number of benzene rings is 1. The van der Waals surface area contributed by atoms with Crippen molar-refractivity contribution in [3.8, 4) is 5.75 Å². The number of ether oxygens (including phenoxy) is 1. The standard InChI is InChI=1S/C19H30N4O/c1-13(2)24-17-10-8-9-16(11-17)14(3)20-12-18-15(4)21-23(7)19(18)22(5)6/h8-11,13-14,20H,12H2,1-7H3/t14-/m1/s1. The first-order chi connectivity index (χ1) is 11.3. The lowest BCUT2D eigenvalue weighted by atomic mass is 10.1. The van der Waals surface area contributed by atoms with Crippen molar-refractivity contribution in [2.75, 3.05) is 19.0 Å². The highest BCUT2D eigenvalue weighted by atomic mass is 16.5.